The maximum atomic E-state index is 5.80. The Kier molecular flexibility index (Phi) is 7.33. The summed E-state index contributed by atoms with van der Waals surface area (Å²) in [4.78, 5) is 0. The molecule has 0 unspecified atom stereocenters. The number of hydrogen-bond donors (Lipinski definition) is 1. The predicted octanol–water partition coefficient (Wildman–Crippen LogP) is 5.33. The van der Waals surface area contributed by atoms with E-state index in [0.717, 1.165) is 29.2 Å². The van der Waals surface area contributed by atoms with Crippen LogP contribution >= 0.6 is 0 Å². The fraction of sp³-hybridized carbons (Fsp3) is 0.381. The van der Waals surface area contributed by atoms with Gasteiger partial charge >= 0.3 is 0 Å². The average molecular weight is 340 g/mol. The minimum absolute atomic E-state index is 0.714. The molecule has 134 valence electrons. The number of aryl methyl sites for hydroxylation is 2. The molecular weight excluding hydrogens is 312 g/mol. The van der Waals surface area contributed by atoms with Gasteiger partial charge in [-0.2, -0.15) is 5.10 Å². The van der Waals surface area contributed by atoms with Crippen molar-refractivity contribution in [2.75, 3.05) is 19.1 Å². The summed E-state index contributed by atoms with van der Waals surface area (Å²) in [6.45, 7) is 7.08. The molecule has 0 bridgehead atoms. The van der Waals surface area contributed by atoms with E-state index in [1.54, 1.807) is 13.3 Å². The number of rotatable bonds is 9. The third kappa shape index (κ3) is 5.82. The Bertz CT molecular complexity index is 711. The number of unbranched alkanes of at least 4 members (excludes halogenated alkanes) is 2. The smallest absolute Gasteiger partial charge is 0.161 e. The minimum Gasteiger partial charge on any atom is -0.493 e. The summed E-state index contributed by atoms with van der Waals surface area (Å²) in [6.07, 6.45) is 5.20. The highest BCUT2D eigenvalue weighted by atomic mass is 16.5. The van der Waals surface area contributed by atoms with Crippen LogP contribution in [0.1, 0.15) is 42.9 Å². The largest absolute Gasteiger partial charge is 0.493 e. The van der Waals surface area contributed by atoms with Crippen LogP contribution in [0.3, 0.4) is 0 Å². The molecule has 0 aliphatic rings. The summed E-state index contributed by atoms with van der Waals surface area (Å²) in [6, 6.07) is 12.0. The summed E-state index contributed by atoms with van der Waals surface area (Å²) in [5.74, 6) is 1.50. The molecule has 0 aliphatic carbocycles. The van der Waals surface area contributed by atoms with E-state index < -0.39 is 0 Å². The van der Waals surface area contributed by atoms with Crippen molar-refractivity contribution >= 4 is 11.9 Å². The van der Waals surface area contributed by atoms with Crippen LogP contribution in [0.4, 0.5) is 5.69 Å². The molecule has 4 nitrogen and oxygen atoms in total. The molecule has 2 aromatic carbocycles. The van der Waals surface area contributed by atoms with Gasteiger partial charge in [-0.25, -0.2) is 0 Å². The SMILES string of the molecule is CCCCCOc1ccc(/C=N/Nc2ccc(C)c(C)c2)cc1OC. The highest BCUT2D eigenvalue weighted by molar-refractivity contribution is 5.81. The first kappa shape index (κ1) is 18.8. The first-order chi connectivity index (χ1) is 12.1. The van der Waals surface area contributed by atoms with E-state index in [0.29, 0.717) is 6.61 Å². The molecule has 0 atom stereocenters. The van der Waals surface area contributed by atoms with Crippen LogP contribution in [-0.2, 0) is 0 Å². The molecule has 1 N–H and O–H groups in total. The molecule has 0 saturated heterocycles. The Hall–Kier alpha value is -2.49. The summed E-state index contributed by atoms with van der Waals surface area (Å²) in [5, 5.41) is 4.30. The first-order valence-corrected chi connectivity index (χ1v) is 8.81. The molecule has 0 radical (unpaired) electrons. The quantitative estimate of drug-likeness (QED) is 0.381. The van der Waals surface area contributed by atoms with E-state index >= 15 is 0 Å². The number of nitrogens with one attached hydrogen (secondary N) is 1. The van der Waals surface area contributed by atoms with Gasteiger partial charge in [0.1, 0.15) is 0 Å². The second kappa shape index (κ2) is 9.72. The van der Waals surface area contributed by atoms with Gasteiger partial charge in [0.25, 0.3) is 0 Å². The van der Waals surface area contributed by atoms with Gasteiger partial charge in [-0.3, -0.25) is 5.43 Å². The number of ether oxygens (including phenoxy) is 2. The van der Waals surface area contributed by atoms with Gasteiger partial charge in [-0.05, 0) is 67.3 Å². The predicted molar refractivity (Wildman–Crippen MR) is 105 cm³/mol. The molecule has 0 spiro atoms. The lowest BCUT2D eigenvalue weighted by Crippen LogP contribution is -2.00. The van der Waals surface area contributed by atoms with Crippen LogP contribution in [0.15, 0.2) is 41.5 Å². The van der Waals surface area contributed by atoms with E-state index in [1.165, 1.54) is 24.0 Å². The lowest BCUT2D eigenvalue weighted by atomic mass is 10.1. The highest BCUT2D eigenvalue weighted by Crippen LogP contribution is 2.27. The van der Waals surface area contributed by atoms with Gasteiger partial charge in [0, 0.05) is 0 Å². The van der Waals surface area contributed by atoms with Crippen LogP contribution in [0.25, 0.3) is 0 Å². The molecule has 0 fully saturated rings. The molecule has 25 heavy (non-hydrogen) atoms. The zero-order valence-electron chi connectivity index (χ0n) is 15.6. The Morgan fingerprint density at radius 2 is 1.84 bits per heavy atom. The Morgan fingerprint density at radius 1 is 1.00 bits per heavy atom. The molecule has 0 aromatic heterocycles. The van der Waals surface area contributed by atoms with Gasteiger partial charge < -0.3 is 9.47 Å². The molecule has 2 rings (SSSR count). The van der Waals surface area contributed by atoms with Crippen molar-refractivity contribution in [1.29, 1.82) is 0 Å². The van der Waals surface area contributed by atoms with Crippen LogP contribution in [0.2, 0.25) is 0 Å². The third-order valence-electron chi connectivity index (χ3n) is 4.11. The van der Waals surface area contributed by atoms with E-state index in [-0.39, 0.29) is 0 Å². The van der Waals surface area contributed by atoms with E-state index in [2.05, 4.69) is 43.4 Å². The number of hydrogen-bond acceptors (Lipinski definition) is 4. The van der Waals surface area contributed by atoms with E-state index in [1.807, 2.05) is 24.3 Å². The van der Waals surface area contributed by atoms with Gasteiger partial charge in [-0.15, -0.1) is 0 Å². The zero-order chi connectivity index (χ0) is 18.1. The van der Waals surface area contributed by atoms with E-state index in [9.17, 15) is 0 Å². The first-order valence-electron chi connectivity index (χ1n) is 8.81. The number of anilines is 1. The lowest BCUT2D eigenvalue weighted by Gasteiger charge is -2.11. The van der Waals surface area contributed by atoms with Crippen molar-refractivity contribution in [2.24, 2.45) is 5.10 Å². The molecular formula is C21H28N2O2. The molecule has 0 saturated carbocycles. The normalized spacial score (nSPS) is 10.9. The van der Waals surface area contributed by atoms with Crippen LogP contribution in [0, 0.1) is 13.8 Å². The number of benzene rings is 2. The summed E-state index contributed by atoms with van der Waals surface area (Å²) >= 11 is 0. The van der Waals surface area contributed by atoms with Crippen molar-refractivity contribution in [3.63, 3.8) is 0 Å². The second-order valence-corrected chi connectivity index (χ2v) is 6.13. The lowest BCUT2D eigenvalue weighted by molar-refractivity contribution is 0.286. The van der Waals surface area contributed by atoms with Gasteiger partial charge in [0.2, 0.25) is 0 Å². The van der Waals surface area contributed by atoms with Crippen LogP contribution < -0.4 is 14.9 Å². The summed E-state index contributed by atoms with van der Waals surface area (Å²) < 4.78 is 11.2. The molecule has 0 heterocycles. The van der Waals surface area contributed by atoms with Gasteiger partial charge in [-0.1, -0.05) is 25.8 Å². The van der Waals surface area contributed by atoms with Crippen LogP contribution in [-0.4, -0.2) is 19.9 Å². The number of hydrazone groups is 1. The Balaban J connectivity index is 1.98. The Labute approximate surface area is 150 Å². The molecule has 0 amide bonds. The van der Waals surface area contributed by atoms with E-state index in [4.69, 9.17) is 9.47 Å². The van der Waals surface area contributed by atoms with Crippen LogP contribution in [0.5, 0.6) is 11.5 Å². The fourth-order valence-electron chi connectivity index (χ4n) is 2.41. The van der Waals surface area contributed by atoms with Crippen molar-refractivity contribution in [1.82, 2.24) is 0 Å². The monoisotopic (exact) mass is 340 g/mol. The molecule has 0 aliphatic heterocycles. The highest BCUT2D eigenvalue weighted by Gasteiger charge is 2.05. The topological polar surface area (TPSA) is 42.8 Å². The molecule has 4 heteroatoms. The minimum atomic E-state index is 0.714. The van der Waals surface area contributed by atoms with Crippen molar-refractivity contribution in [3.05, 3.63) is 53.1 Å². The number of methoxy groups -OCH3 is 1. The zero-order valence-corrected chi connectivity index (χ0v) is 15.6. The summed E-state index contributed by atoms with van der Waals surface area (Å²) in [7, 11) is 1.66. The second-order valence-electron chi connectivity index (χ2n) is 6.13. The molecule has 2 aromatic rings. The van der Waals surface area contributed by atoms with Crippen molar-refractivity contribution in [2.45, 2.75) is 40.0 Å². The fourth-order valence-corrected chi connectivity index (χ4v) is 2.41. The maximum Gasteiger partial charge on any atom is 0.161 e. The van der Waals surface area contributed by atoms with Crippen molar-refractivity contribution in [3.8, 4) is 11.5 Å². The average Bonchev–Trinajstić information content (AvgIpc) is 2.62. The summed E-state index contributed by atoms with van der Waals surface area (Å²) in [5.41, 5.74) is 7.50. The Morgan fingerprint density at radius 3 is 2.56 bits per heavy atom. The van der Waals surface area contributed by atoms with Gasteiger partial charge in [0.05, 0.1) is 25.6 Å². The van der Waals surface area contributed by atoms with Gasteiger partial charge in [0.15, 0.2) is 11.5 Å². The van der Waals surface area contributed by atoms with Crippen molar-refractivity contribution < 1.29 is 9.47 Å². The maximum absolute atomic E-state index is 5.80. The number of nitrogens with zero attached hydrogens (tertiary/aromatic N) is 1. The third-order valence-corrected chi connectivity index (χ3v) is 4.11. The standard InChI is InChI=1S/C21H28N2O2/c1-5-6-7-12-25-20-11-9-18(14-21(20)24-4)15-22-23-19-10-8-16(2)17(3)13-19/h8-11,13-15,23H,5-7,12H2,1-4H3/b22-15+.